The maximum atomic E-state index is 10.1. The summed E-state index contributed by atoms with van der Waals surface area (Å²) in [4.78, 5) is 0. The normalized spacial score (nSPS) is 26.0. The zero-order chi connectivity index (χ0) is 14.1. The molecular weight excluding hydrogens is 290 g/mol. The Balaban J connectivity index is 0.00000161. The van der Waals surface area contributed by atoms with Crippen LogP contribution in [0.2, 0.25) is 0 Å². The molecule has 0 saturated heterocycles. The highest BCUT2D eigenvalue weighted by molar-refractivity contribution is 5.85. The third-order valence-corrected chi connectivity index (χ3v) is 4.78. The predicted octanol–water partition coefficient (Wildman–Crippen LogP) is 3.04. The van der Waals surface area contributed by atoms with Crippen LogP contribution in [0.1, 0.15) is 49.3 Å². The highest BCUT2D eigenvalue weighted by Gasteiger charge is 2.34. The van der Waals surface area contributed by atoms with Gasteiger partial charge in [-0.05, 0) is 30.4 Å². The third kappa shape index (κ3) is 3.12. The number of benzene rings is 1. The molecule has 0 radical (unpaired) electrons. The minimum absolute atomic E-state index is 0. The van der Waals surface area contributed by atoms with Crippen molar-refractivity contribution in [1.82, 2.24) is 0 Å². The van der Waals surface area contributed by atoms with Gasteiger partial charge in [-0.3, -0.25) is 0 Å². The monoisotopic (exact) mass is 313 g/mol. The van der Waals surface area contributed by atoms with Crippen molar-refractivity contribution in [2.24, 2.45) is 11.7 Å². The van der Waals surface area contributed by atoms with Gasteiger partial charge in [0.05, 0.1) is 12.2 Å². The van der Waals surface area contributed by atoms with Crippen molar-refractivity contribution in [2.45, 2.75) is 50.7 Å². The maximum Gasteiger partial charge on any atom is 0.161 e. The molecule has 5 heteroatoms. The maximum absolute atomic E-state index is 10.1. The minimum atomic E-state index is -0.169. The number of nitrogens with two attached hydrogens (primary N) is 1. The second-order valence-electron chi connectivity index (χ2n) is 6.00. The van der Waals surface area contributed by atoms with E-state index in [9.17, 15) is 10.2 Å². The van der Waals surface area contributed by atoms with Gasteiger partial charge >= 0.3 is 0 Å². The smallest absolute Gasteiger partial charge is 0.161 e. The molecule has 0 aromatic heterocycles. The van der Waals surface area contributed by atoms with Gasteiger partial charge in [0, 0.05) is 18.5 Å². The first kappa shape index (κ1) is 16.4. The van der Waals surface area contributed by atoms with Crippen LogP contribution in [0.25, 0.3) is 0 Å². The number of fused-ring (bicyclic) bond motifs is 1. The molecule has 1 heterocycles. The lowest BCUT2D eigenvalue weighted by Crippen LogP contribution is -2.36. The molecule has 4 N–H and O–H groups in total. The summed E-state index contributed by atoms with van der Waals surface area (Å²) in [5.74, 6) is 0.501. The number of rotatable bonds is 2. The summed E-state index contributed by atoms with van der Waals surface area (Å²) in [7, 11) is 0. The highest BCUT2D eigenvalue weighted by atomic mass is 35.5. The molecule has 2 aliphatic rings. The van der Waals surface area contributed by atoms with E-state index in [0.29, 0.717) is 18.9 Å². The van der Waals surface area contributed by atoms with E-state index in [1.165, 1.54) is 38.2 Å². The fourth-order valence-corrected chi connectivity index (χ4v) is 3.66. The Kier molecular flexibility index (Phi) is 5.36. The van der Waals surface area contributed by atoms with E-state index >= 15 is 0 Å². The Morgan fingerprint density at radius 1 is 1.14 bits per heavy atom. The molecule has 3 rings (SSSR count). The van der Waals surface area contributed by atoms with Gasteiger partial charge < -0.3 is 20.7 Å². The van der Waals surface area contributed by atoms with E-state index in [0.717, 1.165) is 11.1 Å². The Labute approximate surface area is 131 Å². The number of ether oxygens (including phenoxy) is 1. The van der Waals surface area contributed by atoms with Crippen molar-refractivity contribution in [1.29, 1.82) is 0 Å². The van der Waals surface area contributed by atoms with Crippen LogP contribution in [0.4, 0.5) is 0 Å². The Bertz CT molecular complexity index is 489. The molecule has 21 heavy (non-hydrogen) atoms. The quantitative estimate of drug-likeness (QED) is 0.734. The van der Waals surface area contributed by atoms with Crippen LogP contribution in [0.5, 0.6) is 11.5 Å². The van der Waals surface area contributed by atoms with E-state index in [-0.39, 0.29) is 36.1 Å². The molecule has 4 nitrogen and oxygen atoms in total. The summed E-state index contributed by atoms with van der Waals surface area (Å²) >= 11 is 0. The molecule has 0 bridgehead atoms. The highest BCUT2D eigenvalue weighted by Crippen LogP contribution is 2.43. The molecule has 0 amide bonds. The van der Waals surface area contributed by atoms with Gasteiger partial charge in [-0.25, -0.2) is 0 Å². The molecule has 1 fully saturated rings. The zero-order valence-electron chi connectivity index (χ0n) is 12.1. The van der Waals surface area contributed by atoms with E-state index in [4.69, 9.17) is 10.5 Å². The van der Waals surface area contributed by atoms with Crippen molar-refractivity contribution in [3.63, 3.8) is 0 Å². The largest absolute Gasteiger partial charge is 0.504 e. The van der Waals surface area contributed by atoms with Crippen LogP contribution in [0.15, 0.2) is 12.1 Å². The van der Waals surface area contributed by atoms with Gasteiger partial charge in [0.15, 0.2) is 11.5 Å². The second kappa shape index (κ2) is 6.86. The van der Waals surface area contributed by atoms with E-state index < -0.39 is 0 Å². The van der Waals surface area contributed by atoms with Crippen LogP contribution in [-0.2, 0) is 11.2 Å². The molecule has 2 atom stereocenters. The molecule has 1 saturated carbocycles. The molecule has 1 aromatic rings. The fourth-order valence-electron chi connectivity index (χ4n) is 3.66. The minimum Gasteiger partial charge on any atom is -0.504 e. The standard InChI is InChI=1S/C16H23NO3.ClH/c17-9-15-11-6-7-13(18)16(19)12(11)8-14(20-15)10-4-2-1-3-5-10;/h6-7,10,14-15,18-19H,1-5,8-9,17H2;1H/t14-,15-;/m0./s1. The lowest BCUT2D eigenvalue weighted by Gasteiger charge is -2.38. The number of phenolic OH excluding ortho intramolecular Hbond substituents is 2. The molecule has 1 aromatic carbocycles. The summed E-state index contributed by atoms with van der Waals surface area (Å²) in [6.45, 7) is 0.403. The van der Waals surface area contributed by atoms with E-state index in [1.54, 1.807) is 0 Å². The Hall–Kier alpha value is -0.970. The lowest BCUT2D eigenvalue weighted by atomic mass is 9.80. The number of hydrogen-bond acceptors (Lipinski definition) is 4. The predicted molar refractivity (Wildman–Crippen MR) is 84.0 cm³/mol. The number of aromatic hydroxyl groups is 2. The van der Waals surface area contributed by atoms with Crippen LogP contribution < -0.4 is 5.73 Å². The van der Waals surface area contributed by atoms with Crippen molar-refractivity contribution in [2.75, 3.05) is 6.54 Å². The lowest BCUT2D eigenvalue weighted by molar-refractivity contribution is -0.0595. The molecule has 1 aliphatic heterocycles. The van der Waals surface area contributed by atoms with Gasteiger partial charge in [-0.15, -0.1) is 12.4 Å². The third-order valence-electron chi connectivity index (χ3n) is 4.78. The number of phenols is 2. The van der Waals surface area contributed by atoms with E-state index in [1.807, 2.05) is 6.07 Å². The van der Waals surface area contributed by atoms with Crippen LogP contribution in [0.3, 0.4) is 0 Å². The number of hydrogen-bond donors (Lipinski definition) is 3. The first-order chi connectivity index (χ1) is 9.70. The van der Waals surface area contributed by atoms with Crippen LogP contribution in [0, 0.1) is 5.92 Å². The van der Waals surface area contributed by atoms with Crippen molar-refractivity contribution in [3.8, 4) is 11.5 Å². The van der Waals surface area contributed by atoms with Gasteiger partial charge in [0.2, 0.25) is 0 Å². The topological polar surface area (TPSA) is 75.7 Å². The average Bonchev–Trinajstić information content (AvgIpc) is 2.51. The summed E-state index contributed by atoms with van der Waals surface area (Å²) in [6.07, 6.45) is 6.84. The number of halogens is 1. The van der Waals surface area contributed by atoms with Crippen molar-refractivity contribution < 1.29 is 14.9 Å². The van der Waals surface area contributed by atoms with Gasteiger partial charge in [-0.1, -0.05) is 25.3 Å². The van der Waals surface area contributed by atoms with Gasteiger partial charge in [0.1, 0.15) is 0 Å². The molecule has 118 valence electrons. The van der Waals surface area contributed by atoms with Crippen molar-refractivity contribution in [3.05, 3.63) is 23.3 Å². The first-order valence-corrected chi connectivity index (χ1v) is 7.60. The van der Waals surface area contributed by atoms with E-state index in [2.05, 4.69) is 0 Å². The molecule has 0 unspecified atom stereocenters. The SMILES string of the molecule is Cl.NC[C@@H]1O[C@H](C2CCCCC2)Cc2c1ccc(O)c2O. The fraction of sp³-hybridized carbons (Fsp3) is 0.625. The van der Waals surface area contributed by atoms with Crippen molar-refractivity contribution >= 4 is 12.4 Å². The summed E-state index contributed by atoms with van der Waals surface area (Å²) in [5, 5.41) is 19.8. The Morgan fingerprint density at radius 3 is 2.52 bits per heavy atom. The summed E-state index contributed by atoms with van der Waals surface area (Å²) in [6, 6.07) is 3.33. The second-order valence-corrected chi connectivity index (χ2v) is 6.00. The summed E-state index contributed by atoms with van der Waals surface area (Å²) < 4.78 is 6.18. The zero-order valence-corrected chi connectivity index (χ0v) is 12.9. The van der Waals surface area contributed by atoms with Gasteiger partial charge in [-0.2, -0.15) is 0 Å². The van der Waals surface area contributed by atoms with Gasteiger partial charge in [0.25, 0.3) is 0 Å². The summed E-state index contributed by atoms with van der Waals surface area (Å²) in [5.41, 5.74) is 7.58. The Morgan fingerprint density at radius 2 is 1.86 bits per heavy atom. The van der Waals surface area contributed by atoms with Crippen LogP contribution in [-0.4, -0.2) is 22.9 Å². The van der Waals surface area contributed by atoms with Crippen LogP contribution >= 0.6 is 12.4 Å². The molecular formula is C16H24ClNO3. The molecule has 1 aliphatic carbocycles. The first-order valence-electron chi connectivity index (χ1n) is 7.60. The molecule has 0 spiro atoms. The average molecular weight is 314 g/mol.